The number of benzene rings is 2. The molecule has 1 unspecified atom stereocenters. The van der Waals surface area contributed by atoms with Crippen LogP contribution in [0.2, 0.25) is 5.02 Å². The highest BCUT2D eigenvalue weighted by atomic mass is 35.5. The van der Waals surface area contributed by atoms with Crippen LogP contribution in [0.1, 0.15) is 49.4 Å². The van der Waals surface area contributed by atoms with Crippen molar-refractivity contribution in [2.75, 3.05) is 43.2 Å². The molecule has 1 aliphatic rings. The lowest BCUT2D eigenvalue weighted by Crippen LogP contribution is -2.25. The minimum absolute atomic E-state index is 0.0501. The van der Waals surface area contributed by atoms with Gasteiger partial charge in [0.05, 0.1) is 25.5 Å². The first-order chi connectivity index (χ1) is 17.5. The molecule has 2 heterocycles. The predicted molar refractivity (Wildman–Crippen MR) is 146 cm³/mol. The van der Waals surface area contributed by atoms with Crippen molar-refractivity contribution >= 4 is 29.1 Å². The molecule has 1 saturated heterocycles. The molecule has 8 heteroatoms. The van der Waals surface area contributed by atoms with Gasteiger partial charge in [0.2, 0.25) is 5.95 Å². The summed E-state index contributed by atoms with van der Waals surface area (Å²) in [4.78, 5) is 17.5. The Morgan fingerprint density at radius 2 is 1.86 bits per heavy atom. The van der Waals surface area contributed by atoms with Gasteiger partial charge in [0.15, 0.2) is 5.82 Å². The fourth-order valence-electron chi connectivity index (χ4n) is 4.61. The SMILES string of the molecule is CCN(CC)CCCOc1c(C)cc(Nc2ncc(Cl)c(N3OCCC3c3ccccc3)n2)cc1C. The molecule has 1 fully saturated rings. The standard InChI is InChI=1S/C28H36ClN5O2/c1-5-33(6-2)14-10-15-35-26-20(3)17-23(18-21(26)4)31-28-30-19-24(29)27(32-28)34-25(13-16-36-34)22-11-8-7-9-12-22/h7-9,11-12,17-19,25H,5-6,10,13-16H2,1-4H3,(H,30,31,32). The second-order valence-electron chi connectivity index (χ2n) is 9.03. The van der Waals surface area contributed by atoms with Crippen LogP contribution in [-0.4, -0.2) is 47.7 Å². The number of rotatable bonds is 11. The highest BCUT2D eigenvalue weighted by Crippen LogP contribution is 2.37. The Morgan fingerprint density at radius 3 is 2.56 bits per heavy atom. The Labute approximate surface area is 219 Å². The van der Waals surface area contributed by atoms with E-state index in [1.165, 1.54) is 0 Å². The van der Waals surface area contributed by atoms with Gasteiger partial charge in [-0.15, -0.1) is 0 Å². The molecular formula is C28H36ClN5O2. The quantitative estimate of drug-likeness (QED) is 0.296. The van der Waals surface area contributed by atoms with Gasteiger partial charge in [-0.05, 0) is 62.2 Å². The highest BCUT2D eigenvalue weighted by molar-refractivity contribution is 6.32. The Bertz CT molecular complexity index is 1120. The molecule has 7 nitrogen and oxygen atoms in total. The zero-order valence-electron chi connectivity index (χ0n) is 21.6. The van der Waals surface area contributed by atoms with E-state index < -0.39 is 0 Å². The number of ether oxygens (including phenoxy) is 1. The van der Waals surface area contributed by atoms with E-state index in [1.54, 1.807) is 11.3 Å². The van der Waals surface area contributed by atoms with Gasteiger partial charge in [-0.2, -0.15) is 4.98 Å². The van der Waals surface area contributed by atoms with Crippen LogP contribution in [0, 0.1) is 13.8 Å². The number of anilines is 3. The summed E-state index contributed by atoms with van der Waals surface area (Å²) in [6.07, 6.45) is 3.48. The van der Waals surface area contributed by atoms with Crippen LogP contribution in [0.25, 0.3) is 0 Å². The van der Waals surface area contributed by atoms with E-state index in [2.05, 4.69) is 67.2 Å². The average molecular weight is 510 g/mol. The fraction of sp³-hybridized carbons (Fsp3) is 0.429. The average Bonchev–Trinajstić information content (AvgIpc) is 3.37. The van der Waals surface area contributed by atoms with Crippen LogP contribution < -0.4 is 15.1 Å². The second-order valence-corrected chi connectivity index (χ2v) is 9.44. The van der Waals surface area contributed by atoms with E-state index in [0.29, 0.717) is 30.0 Å². The molecule has 4 rings (SSSR count). The number of nitrogens with one attached hydrogen (secondary N) is 1. The van der Waals surface area contributed by atoms with Gasteiger partial charge >= 0.3 is 0 Å². The molecule has 192 valence electrons. The van der Waals surface area contributed by atoms with Gasteiger partial charge < -0.3 is 15.0 Å². The summed E-state index contributed by atoms with van der Waals surface area (Å²) in [5, 5.41) is 5.58. The van der Waals surface area contributed by atoms with Crippen molar-refractivity contribution < 1.29 is 9.57 Å². The van der Waals surface area contributed by atoms with Gasteiger partial charge in [-0.3, -0.25) is 4.84 Å². The lowest BCUT2D eigenvalue weighted by Gasteiger charge is -2.24. The van der Waals surface area contributed by atoms with Crippen molar-refractivity contribution in [2.45, 2.75) is 46.6 Å². The Morgan fingerprint density at radius 1 is 1.14 bits per heavy atom. The van der Waals surface area contributed by atoms with Crippen LogP contribution in [0.5, 0.6) is 5.75 Å². The molecule has 1 atom stereocenters. The Hall–Kier alpha value is -2.87. The minimum Gasteiger partial charge on any atom is -0.493 e. The zero-order chi connectivity index (χ0) is 25.5. The molecule has 2 aromatic carbocycles. The lowest BCUT2D eigenvalue weighted by molar-refractivity contribution is 0.157. The summed E-state index contributed by atoms with van der Waals surface area (Å²) in [5.41, 5.74) is 4.21. The summed E-state index contributed by atoms with van der Waals surface area (Å²) in [6.45, 7) is 13.0. The predicted octanol–water partition coefficient (Wildman–Crippen LogP) is 6.48. The number of aromatic nitrogens is 2. The highest BCUT2D eigenvalue weighted by Gasteiger charge is 2.30. The van der Waals surface area contributed by atoms with E-state index in [1.807, 2.05) is 18.2 Å². The monoisotopic (exact) mass is 509 g/mol. The summed E-state index contributed by atoms with van der Waals surface area (Å²) in [6, 6.07) is 14.4. The molecule has 0 saturated carbocycles. The summed E-state index contributed by atoms with van der Waals surface area (Å²) < 4.78 is 6.14. The fourth-order valence-corrected chi connectivity index (χ4v) is 4.78. The maximum absolute atomic E-state index is 6.51. The molecule has 0 radical (unpaired) electrons. The third kappa shape index (κ3) is 6.27. The van der Waals surface area contributed by atoms with Gasteiger partial charge in [0.1, 0.15) is 10.8 Å². The van der Waals surface area contributed by atoms with E-state index in [0.717, 1.165) is 60.6 Å². The summed E-state index contributed by atoms with van der Waals surface area (Å²) in [7, 11) is 0. The number of halogens is 1. The summed E-state index contributed by atoms with van der Waals surface area (Å²) in [5.74, 6) is 1.96. The number of nitrogens with zero attached hydrogens (tertiary/aromatic N) is 4. The van der Waals surface area contributed by atoms with Crippen molar-refractivity contribution in [2.24, 2.45) is 0 Å². The van der Waals surface area contributed by atoms with Crippen LogP contribution in [0.4, 0.5) is 17.5 Å². The molecule has 1 aromatic heterocycles. The molecule has 0 bridgehead atoms. The van der Waals surface area contributed by atoms with Gasteiger partial charge in [-0.25, -0.2) is 10.0 Å². The Kier molecular flexibility index (Phi) is 9.02. The number of hydroxylamine groups is 1. The van der Waals surface area contributed by atoms with Gasteiger partial charge in [0, 0.05) is 18.7 Å². The molecule has 0 amide bonds. The molecule has 0 spiro atoms. The third-order valence-corrected chi connectivity index (χ3v) is 6.77. The zero-order valence-corrected chi connectivity index (χ0v) is 22.4. The van der Waals surface area contributed by atoms with E-state index in [4.69, 9.17) is 26.2 Å². The van der Waals surface area contributed by atoms with E-state index in [9.17, 15) is 0 Å². The molecular weight excluding hydrogens is 474 g/mol. The van der Waals surface area contributed by atoms with Crippen molar-refractivity contribution in [1.29, 1.82) is 0 Å². The van der Waals surface area contributed by atoms with Crippen molar-refractivity contribution in [3.05, 3.63) is 70.4 Å². The van der Waals surface area contributed by atoms with Crippen LogP contribution in [0.15, 0.2) is 48.7 Å². The maximum atomic E-state index is 6.51. The Balaban J connectivity index is 1.46. The normalized spacial score (nSPS) is 15.5. The van der Waals surface area contributed by atoms with Crippen molar-refractivity contribution in [3.8, 4) is 5.75 Å². The maximum Gasteiger partial charge on any atom is 0.229 e. The van der Waals surface area contributed by atoms with Crippen LogP contribution in [0.3, 0.4) is 0 Å². The van der Waals surface area contributed by atoms with E-state index >= 15 is 0 Å². The first-order valence-electron chi connectivity index (χ1n) is 12.7. The second kappa shape index (κ2) is 12.4. The molecule has 0 aliphatic carbocycles. The minimum atomic E-state index is 0.0501. The first-order valence-corrected chi connectivity index (χ1v) is 13.1. The summed E-state index contributed by atoms with van der Waals surface area (Å²) >= 11 is 6.51. The third-order valence-electron chi connectivity index (χ3n) is 6.50. The number of hydrogen-bond donors (Lipinski definition) is 1. The van der Waals surface area contributed by atoms with Gasteiger partial charge in [0.25, 0.3) is 0 Å². The smallest absolute Gasteiger partial charge is 0.229 e. The van der Waals surface area contributed by atoms with E-state index in [-0.39, 0.29) is 6.04 Å². The number of hydrogen-bond acceptors (Lipinski definition) is 7. The van der Waals surface area contributed by atoms with Crippen molar-refractivity contribution in [3.63, 3.8) is 0 Å². The lowest BCUT2D eigenvalue weighted by atomic mass is 10.0. The van der Waals surface area contributed by atoms with Crippen LogP contribution >= 0.6 is 11.6 Å². The van der Waals surface area contributed by atoms with Gasteiger partial charge in [-0.1, -0.05) is 55.8 Å². The molecule has 3 aromatic rings. The largest absolute Gasteiger partial charge is 0.493 e. The number of aryl methyl sites for hydroxylation is 2. The van der Waals surface area contributed by atoms with Crippen LogP contribution in [-0.2, 0) is 4.84 Å². The topological polar surface area (TPSA) is 62.8 Å². The first kappa shape index (κ1) is 26.2. The molecule has 1 N–H and O–H groups in total. The molecule has 36 heavy (non-hydrogen) atoms. The van der Waals surface area contributed by atoms with Crippen molar-refractivity contribution in [1.82, 2.24) is 14.9 Å². The molecule has 1 aliphatic heterocycles.